The molecular weight excluding hydrogens is 266 g/mol. The van der Waals surface area contributed by atoms with Gasteiger partial charge in [0.05, 0.1) is 18.1 Å². The molecule has 0 aliphatic carbocycles. The summed E-state index contributed by atoms with van der Waals surface area (Å²) >= 11 is 0. The highest BCUT2D eigenvalue weighted by molar-refractivity contribution is 5.98. The van der Waals surface area contributed by atoms with Gasteiger partial charge < -0.3 is 15.4 Å². The second-order valence-corrected chi connectivity index (χ2v) is 5.41. The van der Waals surface area contributed by atoms with E-state index in [0.717, 1.165) is 25.8 Å². The van der Waals surface area contributed by atoms with Crippen LogP contribution in [0.4, 0.5) is 5.69 Å². The van der Waals surface area contributed by atoms with Crippen LogP contribution in [0.1, 0.15) is 31.7 Å². The molecule has 1 fully saturated rings. The van der Waals surface area contributed by atoms with Gasteiger partial charge in [0.1, 0.15) is 17.5 Å². The number of carbonyl (C=O) groups excluding carboxylic acids is 1. The van der Waals surface area contributed by atoms with Gasteiger partial charge >= 0.3 is 0 Å². The number of nitrogens with zero attached hydrogens (tertiary/aromatic N) is 1. The van der Waals surface area contributed by atoms with Crippen molar-refractivity contribution in [1.29, 1.82) is 5.26 Å². The maximum absolute atomic E-state index is 12.7. The maximum atomic E-state index is 12.7. The van der Waals surface area contributed by atoms with Crippen LogP contribution in [0.25, 0.3) is 0 Å². The van der Waals surface area contributed by atoms with Crippen molar-refractivity contribution in [3.05, 3.63) is 23.8 Å². The summed E-state index contributed by atoms with van der Waals surface area (Å²) in [6.07, 6.45) is 2.61. The summed E-state index contributed by atoms with van der Waals surface area (Å²) in [6, 6.07) is 7.27. The van der Waals surface area contributed by atoms with Crippen LogP contribution in [0.3, 0.4) is 0 Å². The molecule has 0 radical (unpaired) electrons. The van der Waals surface area contributed by atoms with Crippen LogP contribution in [0, 0.1) is 16.7 Å². The molecule has 0 aromatic heterocycles. The van der Waals surface area contributed by atoms with E-state index in [-0.39, 0.29) is 11.3 Å². The number of rotatable bonds is 5. The molecule has 2 N–H and O–H groups in total. The van der Waals surface area contributed by atoms with E-state index in [9.17, 15) is 10.1 Å². The lowest BCUT2D eigenvalue weighted by Crippen LogP contribution is -2.38. The Morgan fingerprint density at radius 1 is 1.57 bits per heavy atom. The second kappa shape index (κ2) is 6.59. The van der Waals surface area contributed by atoms with Gasteiger partial charge in [-0.2, -0.15) is 5.26 Å². The minimum atomic E-state index is -0.387. The molecule has 1 aromatic rings. The Morgan fingerprint density at radius 3 is 2.95 bits per heavy atom. The van der Waals surface area contributed by atoms with Crippen molar-refractivity contribution in [2.24, 2.45) is 5.41 Å². The third kappa shape index (κ3) is 3.01. The van der Waals surface area contributed by atoms with Crippen molar-refractivity contribution in [3.8, 4) is 11.8 Å². The van der Waals surface area contributed by atoms with Gasteiger partial charge in [-0.1, -0.05) is 19.4 Å². The number of hydrogen-bond acceptors (Lipinski definition) is 4. The summed E-state index contributed by atoms with van der Waals surface area (Å²) in [5.41, 5.74) is 0.498. The first-order chi connectivity index (χ1) is 10.2. The molecule has 2 rings (SSSR count). The molecule has 1 unspecified atom stereocenters. The van der Waals surface area contributed by atoms with E-state index >= 15 is 0 Å². The number of methoxy groups -OCH3 is 1. The van der Waals surface area contributed by atoms with E-state index < -0.39 is 0 Å². The normalized spacial score (nSPS) is 20.8. The van der Waals surface area contributed by atoms with E-state index in [2.05, 4.69) is 23.6 Å². The number of hydrogen-bond donors (Lipinski definition) is 2. The highest BCUT2D eigenvalue weighted by atomic mass is 16.5. The minimum absolute atomic E-state index is 0.0321. The Labute approximate surface area is 125 Å². The molecule has 1 saturated heterocycles. The van der Waals surface area contributed by atoms with Gasteiger partial charge in [-0.3, -0.25) is 4.79 Å². The summed E-state index contributed by atoms with van der Waals surface area (Å²) in [5, 5.41) is 15.4. The Kier molecular flexibility index (Phi) is 4.81. The molecule has 21 heavy (non-hydrogen) atoms. The fourth-order valence-electron chi connectivity index (χ4n) is 2.91. The summed E-state index contributed by atoms with van der Waals surface area (Å²) in [4.78, 5) is 12.7. The summed E-state index contributed by atoms with van der Waals surface area (Å²) in [6.45, 7) is 3.62. The van der Waals surface area contributed by atoms with Gasteiger partial charge in [-0.05, 0) is 31.5 Å². The van der Waals surface area contributed by atoms with Crippen molar-refractivity contribution >= 4 is 11.6 Å². The van der Waals surface area contributed by atoms with Crippen LogP contribution in [-0.2, 0) is 4.79 Å². The van der Waals surface area contributed by atoms with Crippen LogP contribution < -0.4 is 15.4 Å². The number of carbonyl (C=O) groups is 1. The van der Waals surface area contributed by atoms with Crippen LogP contribution in [-0.4, -0.2) is 26.1 Å². The lowest BCUT2D eigenvalue weighted by atomic mass is 9.81. The highest BCUT2D eigenvalue weighted by Crippen LogP contribution is 2.35. The number of anilines is 1. The Bertz CT molecular complexity index is 557. The van der Waals surface area contributed by atoms with Crippen LogP contribution in [0.15, 0.2) is 18.2 Å². The molecule has 1 heterocycles. The quantitative estimate of drug-likeness (QED) is 0.871. The SMILES string of the molecule is CCCC1(C(=O)Nc2c(C#N)cccc2OC)CCNC1. The predicted molar refractivity (Wildman–Crippen MR) is 81.2 cm³/mol. The first kappa shape index (κ1) is 15.3. The second-order valence-electron chi connectivity index (χ2n) is 5.41. The van der Waals surface area contributed by atoms with Crippen LogP contribution in [0.5, 0.6) is 5.75 Å². The summed E-state index contributed by atoms with van der Waals surface area (Å²) < 4.78 is 5.26. The van der Waals surface area contributed by atoms with Crippen molar-refractivity contribution in [2.45, 2.75) is 26.2 Å². The number of nitrogens with one attached hydrogen (secondary N) is 2. The van der Waals surface area contributed by atoms with Gasteiger partial charge in [0, 0.05) is 6.54 Å². The lowest BCUT2D eigenvalue weighted by molar-refractivity contribution is -0.125. The molecule has 0 bridgehead atoms. The fraction of sp³-hybridized carbons (Fsp3) is 0.500. The van der Waals surface area contributed by atoms with E-state index in [1.807, 2.05) is 0 Å². The van der Waals surface area contributed by atoms with Gasteiger partial charge in [-0.15, -0.1) is 0 Å². The van der Waals surface area contributed by atoms with Gasteiger partial charge in [-0.25, -0.2) is 0 Å². The number of para-hydroxylation sites is 1. The number of amides is 1. The van der Waals surface area contributed by atoms with Crippen LogP contribution >= 0.6 is 0 Å². The smallest absolute Gasteiger partial charge is 0.232 e. The monoisotopic (exact) mass is 287 g/mol. The molecule has 1 atom stereocenters. The van der Waals surface area contributed by atoms with E-state index in [1.165, 1.54) is 7.11 Å². The fourth-order valence-corrected chi connectivity index (χ4v) is 2.91. The Morgan fingerprint density at radius 2 is 2.38 bits per heavy atom. The number of benzene rings is 1. The number of ether oxygens (including phenoxy) is 1. The topological polar surface area (TPSA) is 74.2 Å². The van der Waals surface area contributed by atoms with Crippen molar-refractivity contribution in [2.75, 3.05) is 25.5 Å². The lowest BCUT2D eigenvalue weighted by Gasteiger charge is -2.27. The average Bonchev–Trinajstić information content (AvgIpc) is 2.97. The Hall–Kier alpha value is -2.06. The third-order valence-corrected chi connectivity index (χ3v) is 4.06. The Balaban J connectivity index is 2.29. The molecule has 5 heteroatoms. The highest BCUT2D eigenvalue weighted by Gasteiger charge is 2.40. The summed E-state index contributed by atoms with van der Waals surface area (Å²) in [5.74, 6) is 0.482. The molecule has 1 aliphatic rings. The van der Waals surface area contributed by atoms with Crippen molar-refractivity contribution in [1.82, 2.24) is 5.32 Å². The van der Waals surface area contributed by atoms with Gasteiger partial charge in [0.25, 0.3) is 0 Å². The van der Waals surface area contributed by atoms with Gasteiger partial charge in [0.15, 0.2) is 0 Å². The molecule has 0 saturated carbocycles. The molecule has 1 aromatic carbocycles. The van der Waals surface area contributed by atoms with Gasteiger partial charge in [0.2, 0.25) is 5.91 Å². The molecule has 1 aliphatic heterocycles. The zero-order valence-electron chi connectivity index (χ0n) is 12.5. The van der Waals surface area contributed by atoms with E-state index in [1.54, 1.807) is 18.2 Å². The first-order valence-corrected chi connectivity index (χ1v) is 7.26. The largest absolute Gasteiger partial charge is 0.495 e. The standard InChI is InChI=1S/C16H21N3O2/c1-3-7-16(8-9-18-11-16)15(20)19-14-12(10-17)5-4-6-13(14)21-2/h4-6,18H,3,7-9,11H2,1-2H3,(H,19,20). The molecule has 0 spiro atoms. The van der Waals surface area contributed by atoms with Crippen LogP contribution in [0.2, 0.25) is 0 Å². The van der Waals surface area contributed by atoms with E-state index in [4.69, 9.17) is 4.74 Å². The molecule has 112 valence electrons. The van der Waals surface area contributed by atoms with E-state index in [0.29, 0.717) is 23.5 Å². The predicted octanol–water partition coefficient (Wildman–Crippen LogP) is 2.29. The molecular formula is C16H21N3O2. The zero-order chi connectivity index (χ0) is 15.3. The van der Waals surface area contributed by atoms with Crippen molar-refractivity contribution in [3.63, 3.8) is 0 Å². The average molecular weight is 287 g/mol. The maximum Gasteiger partial charge on any atom is 0.232 e. The molecule has 1 amide bonds. The molecule has 5 nitrogen and oxygen atoms in total. The zero-order valence-corrected chi connectivity index (χ0v) is 12.5. The summed E-state index contributed by atoms with van der Waals surface area (Å²) in [7, 11) is 1.53. The minimum Gasteiger partial charge on any atom is -0.495 e. The third-order valence-electron chi connectivity index (χ3n) is 4.06. The first-order valence-electron chi connectivity index (χ1n) is 7.26. The number of nitriles is 1. The van der Waals surface area contributed by atoms with Crippen molar-refractivity contribution < 1.29 is 9.53 Å².